The number of hydrogen-bond acceptors (Lipinski definition) is 4. The van der Waals surface area contributed by atoms with Crippen molar-refractivity contribution in [1.29, 1.82) is 0 Å². The van der Waals surface area contributed by atoms with E-state index in [0.29, 0.717) is 22.4 Å². The quantitative estimate of drug-likeness (QED) is 0.520. The van der Waals surface area contributed by atoms with E-state index in [-0.39, 0.29) is 0 Å². The average Bonchev–Trinajstić information content (AvgIpc) is 3.11. The van der Waals surface area contributed by atoms with E-state index in [0.717, 1.165) is 36.5 Å². The molecule has 0 unspecified atom stereocenters. The summed E-state index contributed by atoms with van der Waals surface area (Å²) in [6, 6.07) is 7.68. The van der Waals surface area contributed by atoms with Gasteiger partial charge in [0, 0.05) is 17.6 Å². The fourth-order valence-corrected chi connectivity index (χ4v) is 4.23. The van der Waals surface area contributed by atoms with Gasteiger partial charge >= 0.3 is 0 Å². The molecular formula is C23H32ClN3O2S. The molecule has 0 aliphatic carbocycles. The van der Waals surface area contributed by atoms with Crippen LogP contribution in [0.5, 0.6) is 5.75 Å². The number of aryl methyl sites for hydroxylation is 1. The zero-order valence-corrected chi connectivity index (χ0v) is 19.5. The Balaban J connectivity index is 1.65. The van der Waals surface area contributed by atoms with Crippen LogP contribution in [-0.4, -0.2) is 48.2 Å². The first-order chi connectivity index (χ1) is 14.6. The van der Waals surface area contributed by atoms with Crippen molar-refractivity contribution in [3.8, 4) is 5.75 Å². The lowest BCUT2D eigenvalue weighted by Crippen LogP contribution is -2.37. The summed E-state index contributed by atoms with van der Waals surface area (Å²) in [4.78, 5) is 4.75. The minimum absolute atomic E-state index is 0.633. The molecule has 1 aliphatic heterocycles. The molecule has 1 N–H and O–H groups in total. The van der Waals surface area contributed by atoms with E-state index in [1.165, 1.54) is 38.8 Å². The molecule has 0 bridgehead atoms. The predicted molar refractivity (Wildman–Crippen MR) is 128 cm³/mol. The zero-order valence-electron chi connectivity index (χ0n) is 18.0. The van der Waals surface area contributed by atoms with Crippen molar-refractivity contribution in [2.45, 2.75) is 45.6 Å². The van der Waals surface area contributed by atoms with E-state index in [9.17, 15) is 0 Å². The highest BCUT2D eigenvalue weighted by Gasteiger charge is 2.16. The number of halogens is 1. The van der Waals surface area contributed by atoms with E-state index < -0.39 is 0 Å². The van der Waals surface area contributed by atoms with Gasteiger partial charge in [-0.3, -0.25) is 0 Å². The molecule has 0 atom stereocenters. The first-order valence-corrected chi connectivity index (χ1v) is 11.5. The van der Waals surface area contributed by atoms with Crippen LogP contribution in [0.3, 0.4) is 0 Å². The van der Waals surface area contributed by atoms with E-state index in [4.69, 9.17) is 33.0 Å². The second-order valence-corrected chi connectivity index (χ2v) is 8.64. The Morgan fingerprint density at radius 3 is 2.70 bits per heavy atom. The van der Waals surface area contributed by atoms with Crippen molar-refractivity contribution in [3.63, 3.8) is 0 Å². The second kappa shape index (κ2) is 11.6. The summed E-state index contributed by atoms with van der Waals surface area (Å²) in [6.07, 6.45) is 8.10. The van der Waals surface area contributed by atoms with Crippen LogP contribution in [0.4, 0.5) is 5.69 Å². The highest BCUT2D eigenvalue weighted by molar-refractivity contribution is 7.80. The lowest BCUT2D eigenvalue weighted by Gasteiger charge is -2.27. The van der Waals surface area contributed by atoms with Crippen LogP contribution < -0.4 is 10.1 Å². The number of anilines is 1. The molecule has 0 saturated carbocycles. The summed E-state index contributed by atoms with van der Waals surface area (Å²) in [5.41, 5.74) is 1.79. The predicted octanol–water partition coefficient (Wildman–Crippen LogP) is 5.72. The number of methoxy groups -OCH3 is 1. The van der Waals surface area contributed by atoms with Gasteiger partial charge in [-0.1, -0.05) is 24.4 Å². The van der Waals surface area contributed by atoms with Crippen LogP contribution in [0.25, 0.3) is 0 Å². The third-order valence-electron chi connectivity index (χ3n) is 5.54. The zero-order chi connectivity index (χ0) is 21.3. The number of hydrogen-bond donors (Lipinski definition) is 1. The smallest absolute Gasteiger partial charge is 0.173 e. The van der Waals surface area contributed by atoms with Crippen LogP contribution in [0.15, 0.2) is 34.9 Å². The molecule has 7 heteroatoms. The molecule has 30 heavy (non-hydrogen) atoms. The molecule has 2 heterocycles. The highest BCUT2D eigenvalue weighted by atomic mass is 35.5. The van der Waals surface area contributed by atoms with Crippen molar-refractivity contribution < 1.29 is 9.15 Å². The first kappa shape index (κ1) is 22.9. The number of furan rings is 1. The standard InChI is InChI=1S/C23H32ClN3O2S/c1-18-15-21(22(28-2)16-20(18)24)25-23(30)27(17-19-9-7-14-29-19)13-8-12-26-10-5-3-4-6-11-26/h7,9,14-16H,3-6,8,10-13,17H2,1-2H3,(H,25,30). The maximum absolute atomic E-state index is 6.24. The first-order valence-electron chi connectivity index (χ1n) is 10.7. The van der Waals surface area contributed by atoms with Gasteiger partial charge in [0.15, 0.2) is 5.11 Å². The molecule has 3 rings (SSSR count). The Kier molecular flexibility index (Phi) is 8.85. The van der Waals surface area contributed by atoms with Gasteiger partial charge in [0.25, 0.3) is 0 Å². The van der Waals surface area contributed by atoms with Crippen molar-refractivity contribution in [3.05, 3.63) is 46.9 Å². The maximum Gasteiger partial charge on any atom is 0.173 e. The summed E-state index contributed by atoms with van der Waals surface area (Å²) in [6.45, 7) is 6.98. The number of rotatable bonds is 8. The Morgan fingerprint density at radius 2 is 2.03 bits per heavy atom. The van der Waals surface area contributed by atoms with Gasteiger partial charge in [-0.05, 0) is 81.8 Å². The summed E-state index contributed by atoms with van der Waals surface area (Å²) in [5.74, 6) is 1.57. The molecule has 1 aromatic heterocycles. The molecule has 0 spiro atoms. The molecule has 2 aromatic rings. The topological polar surface area (TPSA) is 40.9 Å². The van der Waals surface area contributed by atoms with E-state index in [1.54, 1.807) is 13.4 Å². The molecule has 164 valence electrons. The molecular weight excluding hydrogens is 418 g/mol. The Hall–Kier alpha value is -1.76. The summed E-state index contributed by atoms with van der Waals surface area (Å²) < 4.78 is 11.1. The van der Waals surface area contributed by atoms with E-state index in [1.807, 2.05) is 31.2 Å². The fourth-order valence-electron chi connectivity index (χ4n) is 3.81. The Morgan fingerprint density at radius 1 is 1.27 bits per heavy atom. The summed E-state index contributed by atoms with van der Waals surface area (Å²) in [7, 11) is 1.64. The van der Waals surface area contributed by atoms with Gasteiger partial charge in [0.1, 0.15) is 11.5 Å². The molecule has 1 aliphatic rings. The van der Waals surface area contributed by atoms with Gasteiger partial charge in [0.05, 0.1) is 25.6 Å². The van der Waals surface area contributed by atoms with E-state index >= 15 is 0 Å². The number of likely N-dealkylation sites (tertiary alicyclic amines) is 1. The Labute approximate surface area is 190 Å². The fraction of sp³-hybridized carbons (Fsp3) is 0.522. The molecule has 1 saturated heterocycles. The summed E-state index contributed by atoms with van der Waals surface area (Å²) in [5, 5.41) is 4.69. The third kappa shape index (κ3) is 6.62. The number of nitrogens with one attached hydrogen (secondary N) is 1. The molecule has 1 aromatic carbocycles. The molecule has 1 fully saturated rings. The van der Waals surface area contributed by atoms with Crippen molar-refractivity contribution in [2.24, 2.45) is 0 Å². The summed E-state index contributed by atoms with van der Waals surface area (Å²) >= 11 is 12.0. The van der Waals surface area contributed by atoms with Gasteiger partial charge in [-0.2, -0.15) is 0 Å². The van der Waals surface area contributed by atoms with Crippen molar-refractivity contribution in [1.82, 2.24) is 9.80 Å². The molecule has 0 amide bonds. The van der Waals surface area contributed by atoms with Crippen molar-refractivity contribution >= 4 is 34.6 Å². The normalized spacial score (nSPS) is 14.9. The minimum atomic E-state index is 0.633. The van der Waals surface area contributed by atoms with Crippen LogP contribution in [0.1, 0.15) is 43.4 Å². The van der Waals surface area contributed by atoms with Crippen molar-refractivity contribution in [2.75, 3.05) is 38.6 Å². The molecule has 0 radical (unpaired) electrons. The average molecular weight is 450 g/mol. The highest BCUT2D eigenvalue weighted by Crippen LogP contribution is 2.31. The van der Waals surface area contributed by atoms with E-state index in [2.05, 4.69) is 15.1 Å². The number of benzene rings is 1. The SMILES string of the molecule is COc1cc(Cl)c(C)cc1NC(=S)N(CCCN1CCCCCC1)Cc1ccco1. The van der Waals surface area contributed by atoms with Crippen LogP contribution in [-0.2, 0) is 6.54 Å². The lowest BCUT2D eigenvalue weighted by atomic mass is 10.2. The number of ether oxygens (including phenoxy) is 1. The van der Waals surface area contributed by atoms with Gasteiger partial charge in [-0.25, -0.2) is 0 Å². The maximum atomic E-state index is 6.24. The second-order valence-electron chi connectivity index (χ2n) is 7.84. The van der Waals surface area contributed by atoms with Gasteiger partial charge in [-0.15, -0.1) is 0 Å². The number of thiocarbonyl (C=S) groups is 1. The molecule has 5 nitrogen and oxygen atoms in total. The largest absolute Gasteiger partial charge is 0.495 e. The van der Waals surface area contributed by atoms with Crippen LogP contribution in [0, 0.1) is 6.92 Å². The lowest BCUT2D eigenvalue weighted by molar-refractivity contribution is 0.262. The third-order valence-corrected chi connectivity index (χ3v) is 6.30. The monoisotopic (exact) mass is 449 g/mol. The van der Waals surface area contributed by atoms with Crippen LogP contribution in [0.2, 0.25) is 5.02 Å². The van der Waals surface area contributed by atoms with Gasteiger partial charge < -0.3 is 24.3 Å². The van der Waals surface area contributed by atoms with Crippen LogP contribution >= 0.6 is 23.8 Å². The minimum Gasteiger partial charge on any atom is -0.495 e. The number of nitrogens with zero attached hydrogens (tertiary/aromatic N) is 2. The Bertz CT molecular complexity index is 805. The van der Waals surface area contributed by atoms with Gasteiger partial charge in [0.2, 0.25) is 0 Å².